The minimum atomic E-state index is -1.11. The number of hydrogen-bond donors (Lipinski definition) is 1. The third-order valence-corrected chi connectivity index (χ3v) is 7.18. The van der Waals surface area contributed by atoms with Crippen molar-refractivity contribution in [1.82, 2.24) is 0 Å². The highest BCUT2D eigenvalue weighted by atomic mass is 19.1. The van der Waals surface area contributed by atoms with E-state index in [1.807, 2.05) is 0 Å². The summed E-state index contributed by atoms with van der Waals surface area (Å²) < 4.78 is 15.2. The van der Waals surface area contributed by atoms with Gasteiger partial charge in [-0.05, 0) is 49.9 Å². The Balaban J connectivity index is 1.72. The average Bonchev–Trinajstić information content (AvgIpc) is 2.84. The molecule has 2 saturated carbocycles. The van der Waals surface area contributed by atoms with Crippen LogP contribution < -0.4 is 0 Å². The van der Waals surface area contributed by atoms with Gasteiger partial charge in [0.15, 0.2) is 0 Å². The first-order chi connectivity index (χ1) is 10.9. The Kier molecular flexibility index (Phi) is 3.47. The van der Waals surface area contributed by atoms with Crippen molar-refractivity contribution in [2.45, 2.75) is 63.6 Å². The van der Waals surface area contributed by atoms with E-state index in [1.165, 1.54) is 11.1 Å². The molecular formula is C20H25FO2. The van der Waals surface area contributed by atoms with Gasteiger partial charge in [-0.3, -0.25) is 4.79 Å². The van der Waals surface area contributed by atoms with Crippen LogP contribution in [-0.2, 0) is 4.79 Å². The first kappa shape index (κ1) is 15.4. The molecule has 4 aliphatic rings. The van der Waals surface area contributed by atoms with E-state index in [0.29, 0.717) is 43.3 Å². The van der Waals surface area contributed by atoms with Crippen molar-refractivity contribution in [2.75, 3.05) is 0 Å². The molecule has 4 aliphatic carbocycles. The van der Waals surface area contributed by atoms with E-state index < -0.39 is 11.8 Å². The Morgan fingerprint density at radius 1 is 1.39 bits per heavy atom. The Hall–Kier alpha value is -1.14. The van der Waals surface area contributed by atoms with E-state index in [4.69, 9.17) is 6.42 Å². The number of fused-ring (bicyclic) bond motifs is 4. The summed E-state index contributed by atoms with van der Waals surface area (Å²) in [5.74, 6) is 3.71. The van der Waals surface area contributed by atoms with Crippen molar-refractivity contribution in [3.05, 3.63) is 11.1 Å². The number of rotatable bonds is 0. The van der Waals surface area contributed by atoms with Gasteiger partial charge in [-0.25, -0.2) is 4.39 Å². The molecule has 1 N–H and O–H groups in total. The van der Waals surface area contributed by atoms with Crippen LogP contribution in [0.2, 0.25) is 0 Å². The first-order valence-electron chi connectivity index (χ1n) is 9.01. The quantitative estimate of drug-likeness (QED) is 0.549. The largest absolute Gasteiger partial charge is 0.377 e. The SMILES string of the molecule is C#C[C@]1(O)CCC2C3C(C)CC4=C(CCC(=O)C4)C3[C@@H](F)CC21. The fraction of sp³-hybridized carbons (Fsp3) is 0.750. The maximum atomic E-state index is 15.2. The van der Waals surface area contributed by atoms with Gasteiger partial charge in [-0.15, -0.1) is 6.42 Å². The highest BCUT2D eigenvalue weighted by Crippen LogP contribution is 2.60. The number of allylic oxidation sites excluding steroid dienone is 2. The second kappa shape index (κ2) is 5.18. The molecule has 2 nitrogen and oxygen atoms in total. The fourth-order valence-electron chi connectivity index (χ4n) is 6.28. The van der Waals surface area contributed by atoms with Crippen LogP contribution in [0.4, 0.5) is 4.39 Å². The number of alkyl halides is 1. The number of carbonyl (C=O) groups excluding carboxylic acids is 1. The monoisotopic (exact) mass is 316 g/mol. The maximum Gasteiger partial charge on any atom is 0.137 e. The predicted octanol–water partition coefficient (Wildman–Crippen LogP) is 3.44. The smallest absolute Gasteiger partial charge is 0.137 e. The highest BCUT2D eigenvalue weighted by molar-refractivity contribution is 5.82. The molecule has 2 fully saturated rings. The molecule has 3 heteroatoms. The highest BCUT2D eigenvalue weighted by Gasteiger charge is 2.58. The molecule has 124 valence electrons. The summed E-state index contributed by atoms with van der Waals surface area (Å²) in [5, 5.41) is 10.7. The number of halogens is 1. The Morgan fingerprint density at radius 2 is 2.17 bits per heavy atom. The van der Waals surface area contributed by atoms with Crippen molar-refractivity contribution in [1.29, 1.82) is 0 Å². The standard InChI is InChI=1S/C20H25FO2/c1-3-20(23)7-6-15-16(20)10-17(21)19-14-5-4-13(22)9-12(14)8-11(2)18(15)19/h1,11,15-19,23H,4-10H2,2H3/t11?,15?,16?,17-,18?,19?,20-/m0/s1. The van der Waals surface area contributed by atoms with Crippen LogP contribution in [0.5, 0.6) is 0 Å². The zero-order valence-electron chi connectivity index (χ0n) is 13.7. The molecule has 0 aromatic rings. The van der Waals surface area contributed by atoms with Crippen molar-refractivity contribution < 1.29 is 14.3 Å². The number of aliphatic hydroxyl groups is 1. The van der Waals surface area contributed by atoms with Crippen LogP contribution in [0.25, 0.3) is 0 Å². The molecule has 0 aromatic carbocycles. The third-order valence-electron chi connectivity index (χ3n) is 7.18. The molecule has 5 unspecified atom stereocenters. The lowest BCUT2D eigenvalue weighted by atomic mass is 9.54. The first-order valence-corrected chi connectivity index (χ1v) is 9.01. The van der Waals surface area contributed by atoms with Crippen molar-refractivity contribution in [3.63, 3.8) is 0 Å². The molecule has 7 atom stereocenters. The van der Waals surface area contributed by atoms with Crippen LogP contribution >= 0.6 is 0 Å². The molecule has 0 aromatic heterocycles. The lowest BCUT2D eigenvalue weighted by Crippen LogP contribution is -2.50. The summed E-state index contributed by atoms with van der Waals surface area (Å²) in [7, 11) is 0. The van der Waals surface area contributed by atoms with Crippen molar-refractivity contribution in [2.24, 2.45) is 29.6 Å². The molecule has 23 heavy (non-hydrogen) atoms. The lowest BCUT2D eigenvalue weighted by molar-refractivity contribution is -0.119. The topological polar surface area (TPSA) is 37.3 Å². The molecule has 0 saturated heterocycles. The van der Waals surface area contributed by atoms with Crippen LogP contribution in [-0.4, -0.2) is 22.7 Å². The van der Waals surface area contributed by atoms with Gasteiger partial charge in [0.2, 0.25) is 0 Å². The van der Waals surface area contributed by atoms with E-state index in [0.717, 1.165) is 19.3 Å². The van der Waals surface area contributed by atoms with E-state index in [9.17, 15) is 9.90 Å². The normalized spacial score (nSPS) is 49.2. The number of Topliss-reactive ketones (excluding diaryl/α,β-unsaturated/α-hetero) is 1. The minimum absolute atomic E-state index is 0.0387. The lowest BCUT2D eigenvalue weighted by Gasteiger charge is -2.51. The van der Waals surface area contributed by atoms with E-state index in [1.54, 1.807) is 0 Å². The van der Waals surface area contributed by atoms with Gasteiger partial charge in [-0.2, -0.15) is 0 Å². The van der Waals surface area contributed by atoms with Crippen molar-refractivity contribution >= 4 is 5.78 Å². The fourth-order valence-corrected chi connectivity index (χ4v) is 6.28. The number of terminal acetylenes is 1. The number of carbonyl (C=O) groups is 1. The zero-order valence-corrected chi connectivity index (χ0v) is 13.7. The molecule has 0 amide bonds. The van der Waals surface area contributed by atoms with Gasteiger partial charge in [-0.1, -0.05) is 24.0 Å². The van der Waals surface area contributed by atoms with Crippen LogP contribution in [0.15, 0.2) is 11.1 Å². The summed E-state index contributed by atoms with van der Waals surface area (Å²) in [5.41, 5.74) is 1.35. The molecule has 0 bridgehead atoms. The molecule has 4 rings (SSSR count). The molecule has 0 radical (unpaired) electrons. The van der Waals surface area contributed by atoms with Gasteiger partial charge in [0, 0.05) is 24.7 Å². The van der Waals surface area contributed by atoms with E-state index in [-0.39, 0.29) is 17.8 Å². The predicted molar refractivity (Wildman–Crippen MR) is 86.2 cm³/mol. The molecular weight excluding hydrogens is 291 g/mol. The van der Waals surface area contributed by atoms with Crippen LogP contribution in [0.3, 0.4) is 0 Å². The van der Waals surface area contributed by atoms with Crippen LogP contribution in [0.1, 0.15) is 51.9 Å². The summed E-state index contributed by atoms with van der Waals surface area (Å²) in [6.07, 6.45) is 9.32. The minimum Gasteiger partial charge on any atom is -0.377 e. The van der Waals surface area contributed by atoms with Gasteiger partial charge in [0.25, 0.3) is 0 Å². The number of ketones is 1. The number of hydrogen-bond acceptors (Lipinski definition) is 2. The second-order valence-corrected chi connectivity index (χ2v) is 8.26. The summed E-state index contributed by atoms with van der Waals surface area (Å²) >= 11 is 0. The second-order valence-electron chi connectivity index (χ2n) is 8.26. The molecule has 0 aliphatic heterocycles. The van der Waals surface area contributed by atoms with Gasteiger partial charge < -0.3 is 5.11 Å². The van der Waals surface area contributed by atoms with Crippen LogP contribution in [0, 0.1) is 41.9 Å². The summed E-state index contributed by atoms with van der Waals surface area (Å²) in [4.78, 5) is 11.8. The van der Waals surface area contributed by atoms with Gasteiger partial charge in [0.05, 0.1) is 0 Å². The van der Waals surface area contributed by atoms with Crippen molar-refractivity contribution in [3.8, 4) is 12.3 Å². The van der Waals surface area contributed by atoms with E-state index >= 15 is 4.39 Å². The maximum absolute atomic E-state index is 15.2. The third kappa shape index (κ3) is 2.14. The Labute approximate surface area is 137 Å². The van der Waals surface area contributed by atoms with E-state index in [2.05, 4.69) is 12.8 Å². The average molecular weight is 316 g/mol. The van der Waals surface area contributed by atoms with Gasteiger partial charge in [0.1, 0.15) is 17.6 Å². The Morgan fingerprint density at radius 3 is 2.91 bits per heavy atom. The zero-order chi connectivity index (χ0) is 16.4. The molecule has 0 spiro atoms. The van der Waals surface area contributed by atoms with Gasteiger partial charge >= 0.3 is 0 Å². The summed E-state index contributed by atoms with van der Waals surface area (Å²) in [6, 6.07) is 0. The summed E-state index contributed by atoms with van der Waals surface area (Å²) in [6.45, 7) is 2.20. The molecule has 0 heterocycles. The Bertz CT molecular complexity index is 616.